The third-order valence-corrected chi connectivity index (χ3v) is 2.28. The van der Waals surface area contributed by atoms with Crippen molar-refractivity contribution in [2.45, 2.75) is 37.9 Å². The Labute approximate surface area is 85.6 Å². The van der Waals surface area contributed by atoms with Gasteiger partial charge in [0.25, 0.3) is 0 Å². The smallest absolute Gasteiger partial charge is 0.340 e. The van der Waals surface area contributed by atoms with Gasteiger partial charge in [-0.05, 0) is 6.92 Å². The zero-order chi connectivity index (χ0) is 11.6. The van der Waals surface area contributed by atoms with Crippen molar-refractivity contribution in [3.8, 4) is 0 Å². The van der Waals surface area contributed by atoms with Crippen LogP contribution < -0.4 is 5.73 Å². The largest absolute Gasteiger partial charge is 0.390 e. The van der Waals surface area contributed by atoms with Crippen molar-refractivity contribution >= 4 is 6.03 Å². The lowest BCUT2D eigenvalue weighted by Gasteiger charge is -2.37. The lowest BCUT2D eigenvalue weighted by atomic mass is 10.0. The Morgan fingerprint density at radius 2 is 2.20 bits per heavy atom. The molecule has 1 rings (SSSR count). The summed E-state index contributed by atoms with van der Waals surface area (Å²) >= 11 is 0. The molecule has 8 nitrogen and oxygen atoms in total. The second kappa shape index (κ2) is 4.51. The number of nitrogens with two attached hydrogens (primary N) is 1. The Morgan fingerprint density at radius 1 is 1.60 bits per heavy atom. The molecule has 0 saturated carbocycles. The number of primary amides is 1. The molecule has 0 unspecified atom stereocenters. The van der Waals surface area contributed by atoms with E-state index in [1.54, 1.807) is 0 Å². The molecular weight excluding hydrogens is 206 g/mol. The number of nitrogens with zero attached hydrogens (tertiary/aromatic N) is 2. The maximum Gasteiger partial charge on any atom is 0.340 e. The molecule has 0 aromatic rings. The molecule has 4 atom stereocenters. The summed E-state index contributed by atoms with van der Waals surface area (Å²) in [6.45, 7) is 1.50. The van der Waals surface area contributed by atoms with Gasteiger partial charge in [-0.2, -0.15) is 0 Å². The molecule has 1 aliphatic heterocycles. The van der Waals surface area contributed by atoms with E-state index in [0.717, 1.165) is 0 Å². The van der Waals surface area contributed by atoms with Crippen molar-refractivity contribution in [2.24, 2.45) is 11.0 Å². The number of rotatable bonds is 2. The van der Waals surface area contributed by atoms with E-state index in [1.165, 1.54) is 6.92 Å². The van der Waals surface area contributed by atoms with Crippen LogP contribution in [-0.4, -0.2) is 45.8 Å². The van der Waals surface area contributed by atoms with E-state index in [2.05, 4.69) is 5.29 Å². The minimum Gasteiger partial charge on any atom is -0.390 e. The van der Waals surface area contributed by atoms with Gasteiger partial charge in [-0.15, -0.1) is 9.92 Å². The van der Waals surface area contributed by atoms with Gasteiger partial charge in [0.2, 0.25) is 0 Å². The van der Waals surface area contributed by atoms with Gasteiger partial charge in [0, 0.05) is 6.42 Å². The Bertz CT molecular complexity index is 249. The van der Waals surface area contributed by atoms with Crippen molar-refractivity contribution in [3.05, 3.63) is 4.91 Å². The van der Waals surface area contributed by atoms with Crippen LogP contribution in [0.4, 0.5) is 4.79 Å². The summed E-state index contributed by atoms with van der Waals surface area (Å²) in [6, 6.07) is -1.06. The monoisotopic (exact) mass is 219 g/mol. The number of urea groups is 1. The molecule has 2 amide bonds. The summed E-state index contributed by atoms with van der Waals surface area (Å²) in [5, 5.41) is 21.5. The Morgan fingerprint density at radius 3 is 2.60 bits per heavy atom. The number of hydrogen-bond acceptors (Lipinski definition) is 6. The summed E-state index contributed by atoms with van der Waals surface area (Å²) in [7, 11) is 0. The number of hydrogen-bond donors (Lipinski definition) is 3. The Kier molecular flexibility index (Phi) is 3.56. The summed E-state index contributed by atoms with van der Waals surface area (Å²) in [4.78, 5) is 21.0. The molecular formula is C7H13N3O5. The van der Waals surface area contributed by atoms with Gasteiger partial charge >= 0.3 is 6.03 Å². The molecule has 0 aromatic heterocycles. The lowest BCUT2D eigenvalue weighted by molar-refractivity contribution is -0.193. The van der Waals surface area contributed by atoms with E-state index >= 15 is 0 Å². The molecule has 1 aliphatic rings. The number of carbonyl (C=O) groups excluding carboxylic acids is 1. The van der Waals surface area contributed by atoms with E-state index in [0.29, 0.717) is 5.01 Å². The van der Waals surface area contributed by atoms with Gasteiger partial charge in [0.1, 0.15) is 6.10 Å². The lowest BCUT2D eigenvalue weighted by Crippen LogP contribution is -2.53. The fourth-order valence-electron chi connectivity index (χ4n) is 1.43. The second-order valence-electron chi connectivity index (χ2n) is 3.35. The number of amides is 2. The zero-order valence-electron chi connectivity index (χ0n) is 8.11. The summed E-state index contributed by atoms with van der Waals surface area (Å²) in [5.74, 6) is 0. The molecule has 0 bridgehead atoms. The minimum absolute atomic E-state index is 0.111. The molecule has 15 heavy (non-hydrogen) atoms. The van der Waals surface area contributed by atoms with E-state index in [1.807, 2.05) is 0 Å². The van der Waals surface area contributed by atoms with Crippen LogP contribution in [0.1, 0.15) is 13.3 Å². The van der Waals surface area contributed by atoms with E-state index < -0.39 is 30.6 Å². The third kappa shape index (κ3) is 2.41. The first-order chi connectivity index (χ1) is 6.97. The average Bonchev–Trinajstić information content (AvgIpc) is 2.14. The van der Waals surface area contributed by atoms with Crippen molar-refractivity contribution in [2.75, 3.05) is 0 Å². The highest BCUT2D eigenvalue weighted by atomic mass is 16.5. The summed E-state index contributed by atoms with van der Waals surface area (Å²) in [5.41, 5.74) is 4.87. The van der Waals surface area contributed by atoms with Crippen LogP contribution in [0.15, 0.2) is 5.29 Å². The molecule has 0 spiro atoms. The molecule has 0 aliphatic carbocycles. The van der Waals surface area contributed by atoms with Gasteiger partial charge in [0.05, 0.1) is 17.5 Å². The molecule has 1 saturated heterocycles. The zero-order valence-corrected chi connectivity index (χ0v) is 8.11. The first-order valence-corrected chi connectivity index (χ1v) is 4.41. The highest BCUT2D eigenvalue weighted by molar-refractivity contribution is 5.71. The Hall–Kier alpha value is -1.25. The number of carbonyl (C=O) groups is 1. The second-order valence-corrected chi connectivity index (χ2v) is 3.35. The Balaban J connectivity index is 2.72. The normalized spacial score (nSPS) is 35.9. The molecule has 1 fully saturated rings. The van der Waals surface area contributed by atoms with Crippen LogP contribution in [0.5, 0.6) is 0 Å². The fourth-order valence-corrected chi connectivity index (χ4v) is 1.43. The van der Waals surface area contributed by atoms with Crippen LogP contribution in [0, 0.1) is 4.91 Å². The van der Waals surface area contributed by atoms with Crippen LogP contribution in [0.25, 0.3) is 0 Å². The van der Waals surface area contributed by atoms with Crippen molar-refractivity contribution in [3.63, 3.8) is 0 Å². The first-order valence-electron chi connectivity index (χ1n) is 4.41. The van der Waals surface area contributed by atoms with Crippen molar-refractivity contribution in [1.82, 2.24) is 5.01 Å². The minimum atomic E-state index is -1.08. The molecule has 4 N–H and O–H groups in total. The topological polar surface area (TPSA) is 125 Å². The van der Waals surface area contributed by atoms with E-state index in [4.69, 9.17) is 10.5 Å². The molecule has 1 heterocycles. The van der Waals surface area contributed by atoms with E-state index in [9.17, 15) is 19.9 Å². The van der Waals surface area contributed by atoms with Gasteiger partial charge in [-0.1, -0.05) is 0 Å². The standard InChI is InChI=1S/C7H13N3O5/c1-3-6(12)4(11)2-5(15-3)10(9-14)7(8)13/h3-6,11-12H,2H2,1H3,(H2,8,13)/t3-,4-,5-,6-/m0/s1. The fraction of sp³-hybridized carbons (Fsp3) is 0.857. The van der Waals surface area contributed by atoms with Crippen molar-refractivity contribution < 1.29 is 19.7 Å². The predicted octanol–water partition coefficient (Wildman–Crippen LogP) is -1.09. The van der Waals surface area contributed by atoms with Gasteiger partial charge in [0.15, 0.2) is 6.23 Å². The number of aliphatic hydroxyl groups is 2. The van der Waals surface area contributed by atoms with Gasteiger partial charge in [-0.3, -0.25) is 0 Å². The summed E-state index contributed by atoms with van der Waals surface area (Å²) < 4.78 is 5.10. The van der Waals surface area contributed by atoms with E-state index in [-0.39, 0.29) is 6.42 Å². The molecule has 0 radical (unpaired) electrons. The highest BCUT2D eigenvalue weighted by Gasteiger charge is 2.38. The van der Waals surface area contributed by atoms with Crippen LogP contribution >= 0.6 is 0 Å². The maximum atomic E-state index is 10.8. The molecule has 8 heteroatoms. The highest BCUT2D eigenvalue weighted by Crippen LogP contribution is 2.22. The average molecular weight is 219 g/mol. The van der Waals surface area contributed by atoms with Crippen molar-refractivity contribution in [1.29, 1.82) is 0 Å². The quantitative estimate of drug-likeness (QED) is 0.401. The van der Waals surface area contributed by atoms with Gasteiger partial charge < -0.3 is 20.7 Å². The van der Waals surface area contributed by atoms with Gasteiger partial charge in [-0.25, -0.2) is 4.79 Å². The van der Waals surface area contributed by atoms with Crippen LogP contribution in [-0.2, 0) is 4.74 Å². The molecule has 0 aromatic carbocycles. The van der Waals surface area contributed by atoms with Crippen LogP contribution in [0.2, 0.25) is 0 Å². The number of ether oxygens (including phenoxy) is 1. The molecule has 86 valence electrons. The predicted molar refractivity (Wildman–Crippen MR) is 48.2 cm³/mol. The first kappa shape index (κ1) is 11.8. The maximum absolute atomic E-state index is 10.8. The van der Waals surface area contributed by atoms with Crippen LogP contribution in [0.3, 0.4) is 0 Å². The third-order valence-electron chi connectivity index (χ3n) is 2.28. The SMILES string of the molecule is C[C@@H]1O[C@H](N(N=O)C(N)=O)C[C@H](O)[C@H]1O. The number of nitroso groups, excluding NO2 is 1. The number of aliphatic hydroxyl groups excluding tert-OH is 2. The summed E-state index contributed by atoms with van der Waals surface area (Å²) in [6.07, 6.45) is -3.99.